The van der Waals surface area contributed by atoms with E-state index in [-0.39, 0.29) is 0 Å². The van der Waals surface area contributed by atoms with Gasteiger partial charge in [-0.25, -0.2) is 19.7 Å². The number of nitrogens with one attached hydrogen (secondary N) is 1. The van der Waals surface area contributed by atoms with Crippen molar-refractivity contribution in [1.29, 1.82) is 0 Å². The first-order valence-corrected chi connectivity index (χ1v) is 6.36. The summed E-state index contributed by atoms with van der Waals surface area (Å²) < 4.78 is 15.2. The molecule has 2 spiro atoms. The first-order valence-electron chi connectivity index (χ1n) is 6.36. The zero-order chi connectivity index (χ0) is 14.8. The smallest absolute Gasteiger partial charge is 0.421 e. The molecule has 0 saturated carbocycles. The maximum Gasteiger partial charge on any atom is 0.421 e. The van der Waals surface area contributed by atoms with E-state index < -0.39 is 35.0 Å². The summed E-state index contributed by atoms with van der Waals surface area (Å²) in [4.78, 5) is 35.7. The van der Waals surface area contributed by atoms with Gasteiger partial charge in [-0.15, -0.1) is 0 Å². The third-order valence-electron chi connectivity index (χ3n) is 3.64. The molecular formula is C12H16N2O6. The minimum Gasteiger partial charge on any atom is -0.444 e. The number of carbonyl (C=O) groups is 3. The van der Waals surface area contributed by atoms with Crippen LogP contribution in [0.5, 0.6) is 0 Å². The summed E-state index contributed by atoms with van der Waals surface area (Å²) >= 11 is 0. The van der Waals surface area contributed by atoms with Crippen molar-refractivity contribution in [3.05, 3.63) is 0 Å². The van der Waals surface area contributed by atoms with Gasteiger partial charge in [0.2, 0.25) is 0 Å². The molecule has 0 atom stereocenters. The SMILES string of the molecule is CC(C)(C)OC(=O)N1CC2(CNC23OC(=O)C(=O)O3)C1. The molecule has 0 bridgehead atoms. The number of nitrogens with zero attached hydrogens (tertiary/aromatic N) is 1. The summed E-state index contributed by atoms with van der Waals surface area (Å²) in [6.45, 7) is 6.49. The number of hydrogen-bond donors (Lipinski definition) is 1. The van der Waals surface area contributed by atoms with Crippen LogP contribution in [-0.4, -0.2) is 54.1 Å². The lowest BCUT2D eigenvalue weighted by molar-refractivity contribution is -0.327. The minimum atomic E-state index is -1.40. The Labute approximate surface area is 115 Å². The second-order valence-corrected chi connectivity index (χ2v) is 6.37. The average molecular weight is 284 g/mol. The lowest BCUT2D eigenvalue weighted by atomic mass is 9.70. The second-order valence-electron chi connectivity index (χ2n) is 6.37. The minimum absolute atomic E-state index is 0.315. The molecular weight excluding hydrogens is 268 g/mol. The summed E-state index contributed by atoms with van der Waals surface area (Å²) in [5.41, 5.74) is -1.13. The van der Waals surface area contributed by atoms with Gasteiger partial charge in [0.25, 0.3) is 0 Å². The van der Waals surface area contributed by atoms with Crippen molar-refractivity contribution in [2.75, 3.05) is 19.6 Å². The monoisotopic (exact) mass is 284 g/mol. The number of rotatable bonds is 0. The van der Waals surface area contributed by atoms with E-state index in [1.54, 1.807) is 20.8 Å². The summed E-state index contributed by atoms with van der Waals surface area (Å²) in [7, 11) is 0. The molecule has 0 aromatic carbocycles. The number of esters is 2. The van der Waals surface area contributed by atoms with Crippen LogP contribution >= 0.6 is 0 Å². The van der Waals surface area contributed by atoms with Gasteiger partial charge in [-0.3, -0.25) is 0 Å². The molecule has 8 heteroatoms. The highest BCUT2D eigenvalue weighted by molar-refractivity contribution is 6.31. The average Bonchev–Trinajstić information content (AvgIpc) is 2.51. The van der Waals surface area contributed by atoms with Crippen molar-refractivity contribution in [3.63, 3.8) is 0 Å². The Bertz CT molecular complexity index is 487. The van der Waals surface area contributed by atoms with E-state index in [1.165, 1.54) is 4.90 Å². The van der Waals surface area contributed by atoms with Crippen molar-refractivity contribution in [2.24, 2.45) is 5.41 Å². The molecule has 0 aliphatic carbocycles. The zero-order valence-electron chi connectivity index (χ0n) is 11.5. The first-order chi connectivity index (χ1) is 9.16. The second kappa shape index (κ2) is 3.63. The Morgan fingerprint density at radius 1 is 1.25 bits per heavy atom. The van der Waals surface area contributed by atoms with Crippen molar-refractivity contribution in [2.45, 2.75) is 32.3 Å². The van der Waals surface area contributed by atoms with Gasteiger partial charge in [0, 0.05) is 19.6 Å². The summed E-state index contributed by atoms with van der Waals surface area (Å²) in [5, 5.41) is 2.82. The normalized spacial score (nSPS) is 25.9. The molecule has 0 aromatic heterocycles. The molecule has 1 N–H and O–H groups in total. The van der Waals surface area contributed by atoms with Gasteiger partial charge in [-0.05, 0) is 20.8 Å². The fourth-order valence-corrected chi connectivity index (χ4v) is 2.60. The van der Waals surface area contributed by atoms with E-state index in [2.05, 4.69) is 5.32 Å². The van der Waals surface area contributed by atoms with Gasteiger partial charge in [-0.2, -0.15) is 0 Å². The molecule has 0 unspecified atom stereocenters. The van der Waals surface area contributed by atoms with Crippen LogP contribution in [0.2, 0.25) is 0 Å². The van der Waals surface area contributed by atoms with Crippen LogP contribution in [0.1, 0.15) is 20.8 Å². The van der Waals surface area contributed by atoms with E-state index in [4.69, 9.17) is 14.2 Å². The quantitative estimate of drug-likeness (QED) is 0.477. The fourth-order valence-electron chi connectivity index (χ4n) is 2.60. The molecule has 3 heterocycles. The number of fused-ring (bicyclic) bond motifs is 1. The Morgan fingerprint density at radius 3 is 2.20 bits per heavy atom. The molecule has 3 aliphatic rings. The standard InChI is InChI=1S/C12H16N2O6/c1-10(2,3)20-9(17)14-5-11(6-14)4-13-12(11)18-7(15)8(16)19-12/h13H,4-6H2,1-3H3. The van der Waals surface area contributed by atoms with Crippen LogP contribution in [0.4, 0.5) is 4.79 Å². The van der Waals surface area contributed by atoms with Crippen LogP contribution in [-0.2, 0) is 23.8 Å². The molecule has 20 heavy (non-hydrogen) atoms. The number of carbonyl (C=O) groups excluding carboxylic acids is 3. The van der Waals surface area contributed by atoms with E-state index >= 15 is 0 Å². The highest BCUT2D eigenvalue weighted by Gasteiger charge is 2.74. The van der Waals surface area contributed by atoms with Crippen LogP contribution in [0.15, 0.2) is 0 Å². The number of likely N-dealkylation sites (tertiary alicyclic amines) is 1. The first kappa shape index (κ1) is 13.2. The Kier molecular flexibility index (Phi) is 2.39. The maximum absolute atomic E-state index is 11.9. The van der Waals surface area contributed by atoms with Crippen molar-refractivity contribution < 1.29 is 28.6 Å². The Morgan fingerprint density at radius 2 is 1.80 bits per heavy atom. The van der Waals surface area contributed by atoms with Gasteiger partial charge < -0.3 is 19.1 Å². The topological polar surface area (TPSA) is 94.2 Å². The summed E-state index contributed by atoms with van der Waals surface area (Å²) in [5.74, 6) is -3.42. The third-order valence-corrected chi connectivity index (χ3v) is 3.64. The van der Waals surface area contributed by atoms with Crippen LogP contribution in [0.3, 0.4) is 0 Å². The van der Waals surface area contributed by atoms with Gasteiger partial charge in [0.1, 0.15) is 11.0 Å². The summed E-state index contributed by atoms with van der Waals surface area (Å²) in [6, 6.07) is 0. The predicted molar refractivity (Wildman–Crippen MR) is 63.2 cm³/mol. The van der Waals surface area contributed by atoms with E-state index in [1.807, 2.05) is 0 Å². The largest absolute Gasteiger partial charge is 0.444 e. The van der Waals surface area contributed by atoms with Crippen LogP contribution < -0.4 is 5.32 Å². The van der Waals surface area contributed by atoms with Gasteiger partial charge >= 0.3 is 23.9 Å². The molecule has 3 saturated heterocycles. The molecule has 8 nitrogen and oxygen atoms in total. The number of hydrogen-bond acceptors (Lipinski definition) is 7. The summed E-state index contributed by atoms with van der Waals surface area (Å²) in [6.07, 6.45) is -0.430. The van der Waals surface area contributed by atoms with Crippen molar-refractivity contribution in [1.82, 2.24) is 10.2 Å². The molecule has 110 valence electrons. The lowest BCUT2D eigenvalue weighted by Crippen LogP contribution is -2.84. The fraction of sp³-hybridized carbons (Fsp3) is 0.750. The van der Waals surface area contributed by atoms with Crippen LogP contribution in [0, 0.1) is 5.41 Å². The predicted octanol–water partition coefficient (Wildman–Crippen LogP) is -0.419. The highest BCUT2D eigenvalue weighted by Crippen LogP contribution is 2.50. The Hall–Kier alpha value is -1.83. The molecule has 1 amide bonds. The molecule has 0 aromatic rings. The molecule has 3 aliphatic heterocycles. The lowest BCUT2D eigenvalue weighted by Gasteiger charge is -2.61. The van der Waals surface area contributed by atoms with Crippen LogP contribution in [0.25, 0.3) is 0 Å². The van der Waals surface area contributed by atoms with Gasteiger partial charge in [-0.1, -0.05) is 0 Å². The number of amides is 1. The van der Waals surface area contributed by atoms with Crippen molar-refractivity contribution in [3.8, 4) is 0 Å². The van der Waals surface area contributed by atoms with Crippen molar-refractivity contribution >= 4 is 18.0 Å². The van der Waals surface area contributed by atoms with E-state index in [9.17, 15) is 14.4 Å². The van der Waals surface area contributed by atoms with Gasteiger partial charge in [0.15, 0.2) is 0 Å². The van der Waals surface area contributed by atoms with E-state index in [0.29, 0.717) is 19.6 Å². The van der Waals surface area contributed by atoms with E-state index in [0.717, 1.165) is 0 Å². The molecule has 3 fully saturated rings. The highest BCUT2D eigenvalue weighted by atomic mass is 16.8. The number of ether oxygens (including phenoxy) is 3. The molecule has 0 radical (unpaired) electrons. The molecule has 3 rings (SSSR count). The zero-order valence-corrected chi connectivity index (χ0v) is 11.5. The third kappa shape index (κ3) is 1.67. The Balaban J connectivity index is 1.64. The maximum atomic E-state index is 11.9. The van der Waals surface area contributed by atoms with Gasteiger partial charge in [0.05, 0.1) is 0 Å².